The van der Waals surface area contributed by atoms with E-state index in [0.29, 0.717) is 17.0 Å². The lowest BCUT2D eigenvalue weighted by Crippen LogP contribution is -2.81. The molecule has 85 heavy (non-hydrogen) atoms. The van der Waals surface area contributed by atoms with Crippen LogP contribution in [0.2, 0.25) is 0 Å². The number of carbonyl (C=O) groups excluding carboxylic acids is 2. The monoisotopic (exact) mass is 1200 g/mol. The summed E-state index contributed by atoms with van der Waals surface area (Å²) in [6.07, 6.45) is -5.43. The van der Waals surface area contributed by atoms with Crippen LogP contribution in [-0.2, 0) is 6.54 Å². The van der Waals surface area contributed by atoms with Crippen molar-refractivity contribution < 1.29 is 107 Å². The van der Waals surface area contributed by atoms with Gasteiger partial charge in [-0.15, -0.1) is 21.9 Å². The van der Waals surface area contributed by atoms with Gasteiger partial charge in [-0.2, -0.15) is 4.57 Å². The van der Waals surface area contributed by atoms with Crippen LogP contribution in [0.3, 0.4) is 0 Å². The van der Waals surface area contributed by atoms with Crippen molar-refractivity contribution in [1.82, 2.24) is 0 Å². The van der Waals surface area contributed by atoms with Gasteiger partial charge in [0.05, 0.1) is 5.39 Å². The van der Waals surface area contributed by atoms with Crippen molar-refractivity contribution in [3.05, 3.63) is 261 Å². The van der Waals surface area contributed by atoms with Crippen LogP contribution in [0.1, 0.15) is 20.8 Å². The minimum atomic E-state index is -7.22. The molecule has 1 aromatic heterocycles. The fourth-order valence-electron chi connectivity index (χ4n) is 10.3. The van der Waals surface area contributed by atoms with Crippen molar-refractivity contribution in [2.45, 2.75) is 6.54 Å². The fraction of sp³-hybridized carbons (Fsp3) is 0.0167. The van der Waals surface area contributed by atoms with Crippen molar-refractivity contribution in [3.8, 4) is 5.75 Å². The highest BCUT2D eigenvalue weighted by Crippen LogP contribution is 2.38. The van der Waals surface area contributed by atoms with Crippen LogP contribution in [0, 0.1) is 116 Å². The number of carbonyl (C=O) groups is 2. The Kier molecular flexibility index (Phi) is 15.2. The standard InChI is InChI=1S/C36H24NO3.C24BF20/c38-33(25-11-2-1-3-12-25)23-37-19-18-24-10-6-8-16-30(24)34(37)36(39)40-35-31-17-9-7-15-28(31)21-29-20-26-13-4-5-14-27(26)22-32(29)35;26-5-1(6(27)14(35)21(42)13(5)34)25(2-7(28)15(36)22(43)16(37)8(2)29,3-9(30)17(38)23(44)18(39)10(3)31)4-11(32)19(40)24(45)20(41)12(4)33/h1-22H,23H2;/q+1;-1. The lowest BCUT2D eigenvalue weighted by molar-refractivity contribution is -0.684. The highest BCUT2D eigenvalue weighted by Gasteiger charge is 2.52. The summed E-state index contributed by atoms with van der Waals surface area (Å²) in [5.74, 6) is -71.5. The van der Waals surface area contributed by atoms with E-state index in [0.717, 1.165) is 43.1 Å². The molecule has 0 radical (unpaired) electrons. The number of halogens is 20. The van der Waals surface area contributed by atoms with Crippen molar-refractivity contribution in [2.24, 2.45) is 0 Å². The van der Waals surface area contributed by atoms with Crippen LogP contribution in [0.4, 0.5) is 87.8 Å². The lowest BCUT2D eigenvalue weighted by Gasteiger charge is -2.44. The first-order valence-corrected chi connectivity index (χ1v) is 24.1. The molecule has 25 heteroatoms. The Balaban J connectivity index is 0.000000190. The van der Waals surface area contributed by atoms with E-state index in [4.69, 9.17) is 4.74 Å². The van der Waals surface area contributed by atoms with Crippen molar-refractivity contribution >= 4 is 82.8 Å². The lowest BCUT2D eigenvalue weighted by atomic mass is 9.12. The number of rotatable bonds is 9. The van der Waals surface area contributed by atoms with Crippen LogP contribution in [0.15, 0.2) is 134 Å². The predicted octanol–water partition coefficient (Wildman–Crippen LogP) is 13.5. The molecule has 0 aliphatic rings. The quantitative estimate of drug-likeness (QED) is 0.0167. The fourth-order valence-corrected chi connectivity index (χ4v) is 10.3. The number of nitrogens with zero attached hydrogens (tertiary/aromatic N) is 1. The number of benzene rings is 10. The minimum Gasteiger partial charge on any atom is -0.417 e. The summed E-state index contributed by atoms with van der Waals surface area (Å²) in [4.78, 5) is 27.3. The third kappa shape index (κ3) is 9.27. The summed E-state index contributed by atoms with van der Waals surface area (Å²) in [6, 6.07) is 41.1. The normalized spacial score (nSPS) is 11.7. The molecule has 0 atom stereocenters. The van der Waals surface area contributed by atoms with Gasteiger partial charge < -0.3 is 4.74 Å². The van der Waals surface area contributed by atoms with Crippen LogP contribution in [-0.4, -0.2) is 17.9 Å². The summed E-state index contributed by atoms with van der Waals surface area (Å²) < 4.78 is 302. The number of fused-ring (bicyclic) bond motifs is 4. The van der Waals surface area contributed by atoms with Gasteiger partial charge in [0.15, 0.2) is 76.0 Å². The molecule has 11 rings (SSSR count). The number of esters is 1. The molecule has 0 aliphatic carbocycles. The Bertz CT molecular complexity index is 4270. The maximum absolute atomic E-state index is 15.4. The van der Waals surface area contributed by atoms with Crippen molar-refractivity contribution in [3.63, 3.8) is 0 Å². The first-order chi connectivity index (χ1) is 40.4. The molecule has 0 spiro atoms. The van der Waals surface area contributed by atoms with Crippen molar-refractivity contribution in [2.75, 3.05) is 0 Å². The zero-order valence-electron chi connectivity index (χ0n) is 41.7. The molecule has 11 aromatic rings. The summed E-state index contributed by atoms with van der Waals surface area (Å²) >= 11 is 0. The molecule has 0 unspecified atom stereocenters. The van der Waals surface area contributed by atoms with E-state index in [2.05, 4.69) is 30.3 Å². The molecule has 0 saturated carbocycles. The largest absolute Gasteiger partial charge is 0.417 e. The van der Waals surface area contributed by atoms with E-state index in [-0.39, 0.29) is 12.3 Å². The Labute approximate surface area is 461 Å². The zero-order chi connectivity index (χ0) is 61.4. The van der Waals surface area contributed by atoms with E-state index in [1.54, 1.807) is 22.9 Å². The van der Waals surface area contributed by atoms with Gasteiger partial charge in [-0.1, -0.05) is 97.1 Å². The van der Waals surface area contributed by atoms with Gasteiger partial charge in [-0.3, -0.25) is 4.79 Å². The average Bonchev–Trinajstić information content (AvgIpc) is 0.699. The number of Topliss-reactive ketones (excluding diaryl/α,β-unsaturated/α-hetero) is 1. The first-order valence-electron chi connectivity index (χ1n) is 24.1. The van der Waals surface area contributed by atoms with E-state index >= 15 is 35.1 Å². The second-order valence-corrected chi connectivity index (χ2v) is 18.7. The maximum Gasteiger partial charge on any atom is 0.409 e. The van der Waals surface area contributed by atoms with Gasteiger partial charge in [0, 0.05) is 22.4 Å². The van der Waals surface area contributed by atoms with E-state index in [1.807, 2.05) is 84.9 Å². The van der Waals surface area contributed by atoms with Gasteiger partial charge in [-0.05, 0) is 51.2 Å². The highest BCUT2D eigenvalue weighted by molar-refractivity contribution is 7.20. The van der Waals surface area contributed by atoms with E-state index in [1.165, 1.54) is 0 Å². The van der Waals surface area contributed by atoms with Crippen molar-refractivity contribution in [1.29, 1.82) is 0 Å². The molecule has 0 amide bonds. The summed E-state index contributed by atoms with van der Waals surface area (Å²) in [5, 5.41) is 7.50. The average molecular weight is 1200 g/mol. The highest BCUT2D eigenvalue weighted by atomic mass is 19.2. The van der Waals surface area contributed by atoms with Gasteiger partial charge in [0.1, 0.15) is 58.4 Å². The number of hydrogen-bond donors (Lipinski definition) is 0. The molecule has 4 nitrogen and oxygen atoms in total. The Morgan fingerprint density at radius 2 is 0.659 bits per heavy atom. The third-order valence-corrected chi connectivity index (χ3v) is 14.1. The molecule has 430 valence electrons. The number of hydrogen-bond acceptors (Lipinski definition) is 3. The molecule has 0 aliphatic heterocycles. The Morgan fingerprint density at radius 1 is 0.329 bits per heavy atom. The smallest absolute Gasteiger partial charge is 0.409 e. The molecule has 1 heterocycles. The summed E-state index contributed by atoms with van der Waals surface area (Å²) in [5.41, 5.74) is -13.4. The van der Waals surface area contributed by atoms with Gasteiger partial charge in [-0.25, -0.2) is 92.6 Å². The Hall–Kier alpha value is -9.81. The molecule has 0 N–H and O–H groups in total. The van der Waals surface area contributed by atoms with Gasteiger partial charge in [0.2, 0.25) is 12.3 Å². The van der Waals surface area contributed by atoms with E-state index < -0.39 is 150 Å². The maximum atomic E-state index is 15.4. The SMILES string of the molecule is Fc1c(F)c(F)c([B-](c2c(F)c(F)c(F)c(F)c2F)(c2c(F)c(F)c(F)c(F)c2F)c2c(F)c(F)c(F)c(F)c2F)c(F)c1F.O=C(C[n+]1ccc2ccccc2c1C(=O)Oc1c2ccccc2cc2cc3ccccc3cc12)c1ccccc1. The summed E-state index contributed by atoms with van der Waals surface area (Å²) in [6.45, 7) is 0.0141. The Morgan fingerprint density at radius 3 is 1.08 bits per heavy atom. The predicted molar refractivity (Wildman–Crippen MR) is 268 cm³/mol. The van der Waals surface area contributed by atoms with Crippen LogP contribution in [0.5, 0.6) is 5.75 Å². The number of pyridine rings is 1. The second kappa shape index (κ2) is 22.1. The van der Waals surface area contributed by atoms with Gasteiger partial charge >= 0.3 is 5.97 Å². The molecular formula is C60H24BF20NO3. The molecular weight excluding hydrogens is 1170 g/mol. The van der Waals surface area contributed by atoms with Gasteiger partial charge in [0.25, 0.3) is 5.69 Å². The third-order valence-electron chi connectivity index (χ3n) is 14.1. The second-order valence-electron chi connectivity index (χ2n) is 18.7. The summed E-state index contributed by atoms with van der Waals surface area (Å²) in [7, 11) is 0. The topological polar surface area (TPSA) is 47.2 Å². The van der Waals surface area contributed by atoms with Crippen LogP contribution >= 0.6 is 0 Å². The molecule has 0 fully saturated rings. The number of ketones is 1. The van der Waals surface area contributed by atoms with Crippen LogP contribution in [0.25, 0.3) is 43.1 Å². The van der Waals surface area contributed by atoms with Crippen LogP contribution < -0.4 is 31.2 Å². The van der Waals surface area contributed by atoms with E-state index in [9.17, 15) is 62.3 Å². The first kappa shape index (κ1) is 58.4. The molecule has 10 aromatic carbocycles. The zero-order valence-corrected chi connectivity index (χ0v) is 41.7. The number of ether oxygens (including phenoxy) is 1. The minimum absolute atomic E-state index is 0.0141. The molecule has 0 saturated heterocycles. The number of aromatic nitrogens is 1. The molecule has 0 bridgehead atoms.